The molecule has 0 saturated heterocycles. The van der Waals surface area contributed by atoms with E-state index in [9.17, 15) is 9.18 Å². The number of aromatic nitrogens is 2. The summed E-state index contributed by atoms with van der Waals surface area (Å²) in [5.41, 5.74) is 1.88. The number of nitrogens with zero attached hydrogens (tertiary/aromatic N) is 2. The Balaban J connectivity index is 1.69. The number of fused-ring (bicyclic) bond motifs is 2. The summed E-state index contributed by atoms with van der Waals surface area (Å²) in [7, 11) is 0. The molecular formula is C23H21FN2O2. The second-order valence-electron chi connectivity index (χ2n) is 6.82. The van der Waals surface area contributed by atoms with Gasteiger partial charge in [0, 0.05) is 28.7 Å². The SMILES string of the molecule is CCCC(F)Cn1cc(C(=O)Oc2cccc3cccnc23)c2ccccc21. The summed E-state index contributed by atoms with van der Waals surface area (Å²) in [5, 5.41) is 1.65. The fourth-order valence-electron chi connectivity index (χ4n) is 3.49. The van der Waals surface area contributed by atoms with Crippen molar-refractivity contribution in [2.75, 3.05) is 0 Å². The van der Waals surface area contributed by atoms with Crippen molar-refractivity contribution in [2.24, 2.45) is 0 Å². The standard InChI is InChI=1S/C23H21FN2O2/c1-2-7-17(24)14-26-15-19(18-10-3-4-11-20(18)26)23(27)28-21-12-5-8-16-9-6-13-25-22(16)21/h3-6,8-13,15,17H,2,7,14H2,1H3. The van der Waals surface area contributed by atoms with Crippen molar-refractivity contribution in [2.45, 2.75) is 32.5 Å². The minimum atomic E-state index is -0.952. The van der Waals surface area contributed by atoms with Crippen molar-refractivity contribution in [3.8, 4) is 5.75 Å². The lowest BCUT2D eigenvalue weighted by Crippen LogP contribution is -2.11. The molecule has 0 amide bonds. The fraction of sp³-hybridized carbons (Fsp3) is 0.217. The topological polar surface area (TPSA) is 44.1 Å². The molecule has 4 nitrogen and oxygen atoms in total. The maximum atomic E-state index is 14.2. The number of rotatable bonds is 6. The highest BCUT2D eigenvalue weighted by Crippen LogP contribution is 2.27. The van der Waals surface area contributed by atoms with Crippen molar-refractivity contribution in [3.63, 3.8) is 0 Å². The van der Waals surface area contributed by atoms with Crippen LogP contribution in [0, 0.1) is 0 Å². The van der Waals surface area contributed by atoms with E-state index in [-0.39, 0.29) is 6.54 Å². The number of carbonyl (C=O) groups excluding carboxylic acids is 1. The molecular weight excluding hydrogens is 355 g/mol. The number of esters is 1. The summed E-state index contributed by atoms with van der Waals surface area (Å²) in [4.78, 5) is 17.3. The summed E-state index contributed by atoms with van der Waals surface area (Å²) in [6.45, 7) is 2.18. The number of para-hydroxylation sites is 2. The van der Waals surface area contributed by atoms with Crippen molar-refractivity contribution in [1.29, 1.82) is 0 Å². The third kappa shape index (κ3) is 3.48. The number of halogens is 1. The van der Waals surface area contributed by atoms with E-state index in [1.807, 2.05) is 55.5 Å². The molecule has 1 unspecified atom stereocenters. The number of alkyl halides is 1. The molecule has 142 valence electrons. The molecule has 2 heterocycles. The van der Waals surface area contributed by atoms with Crippen LogP contribution < -0.4 is 4.74 Å². The molecule has 0 bridgehead atoms. The molecule has 0 aliphatic heterocycles. The molecule has 0 spiro atoms. The van der Waals surface area contributed by atoms with Gasteiger partial charge in [0.2, 0.25) is 0 Å². The van der Waals surface area contributed by atoms with Gasteiger partial charge >= 0.3 is 5.97 Å². The first-order valence-electron chi connectivity index (χ1n) is 9.45. The van der Waals surface area contributed by atoms with Crippen LogP contribution in [0.2, 0.25) is 0 Å². The summed E-state index contributed by atoms with van der Waals surface area (Å²) in [6, 6.07) is 16.7. The highest BCUT2D eigenvalue weighted by Gasteiger charge is 2.19. The van der Waals surface area contributed by atoms with E-state index in [0.717, 1.165) is 22.7 Å². The van der Waals surface area contributed by atoms with Gasteiger partial charge in [-0.05, 0) is 24.6 Å². The first kappa shape index (κ1) is 18.2. The van der Waals surface area contributed by atoms with Crippen molar-refractivity contribution >= 4 is 27.8 Å². The van der Waals surface area contributed by atoms with Gasteiger partial charge in [-0.2, -0.15) is 0 Å². The maximum absolute atomic E-state index is 14.2. The number of pyridine rings is 1. The average Bonchev–Trinajstić information content (AvgIpc) is 3.07. The summed E-state index contributed by atoms with van der Waals surface area (Å²) < 4.78 is 21.7. The lowest BCUT2D eigenvalue weighted by atomic mass is 10.2. The highest BCUT2D eigenvalue weighted by molar-refractivity contribution is 6.05. The number of ether oxygens (including phenoxy) is 1. The lowest BCUT2D eigenvalue weighted by molar-refractivity contribution is 0.0738. The molecule has 0 N–H and O–H groups in total. The highest BCUT2D eigenvalue weighted by atomic mass is 19.1. The van der Waals surface area contributed by atoms with E-state index in [1.54, 1.807) is 23.0 Å². The normalized spacial score (nSPS) is 12.4. The largest absolute Gasteiger partial charge is 0.421 e. The Morgan fingerprint density at radius 1 is 1.14 bits per heavy atom. The first-order valence-corrected chi connectivity index (χ1v) is 9.45. The van der Waals surface area contributed by atoms with Gasteiger partial charge in [-0.25, -0.2) is 9.18 Å². The molecule has 0 aliphatic rings. The van der Waals surface area contributed by atoms with Crippen LogP contribution in [0.3, 0.4) is 0 Å². The third-order valence-electron chi connectivity index (χ3n) is 4.80. The molecule has 4 rings (SSSR count). The van der Waals surface area contributed by atoms with Gasteiger partial charge in [0.05, 0.1) is 12.1 Å². The van der Waals surface area contributed by atoms with Crippen LogP contribution in [-0.2, 0) is 6.54 Å². The zero-order valence-corrected chi connectivity index (χ0v) is 15.6. The third-order valence-corrected chi connectivity index (χ3v) is 4.80. The van der Waals surface area contributed by atoms with Crippen LogP contribution in [-0.4, -0.2) is 21.7 Å². The van der Waals surface area contributed by atoms with Gasteiger partial charge < -0.3 is 9.30 Å². The minimum absolute atomic E-state index is 0.220. The van der Waals surface area contributed by atoms with Gasteiger partial charge in [-0.3, -0.25) is 4.98 Å². The lowest BCUT2D eigenvalue weighted by Gasteiger charge is -2.09. The zero-order valence-electron chi connectivity index (χ0n) is 15.6. The van der Waals surface area contributed by atoms with Gasteiger partial charge in [0.25, 0.3) is 0 Å². The number of benzene rings is 2. The molecule has 0 aliphatic carbocycles. The van der Waals surface area contributed by atoms with Crippen LogP contribution in [0.1, 0.15) is 30.1 Å². The Labute approximate surface area is 162 Å². The van der Waals surface area contributed by atoms with Crippen molar-refractivity contribution in [1.82, 2.24) is 9.55 Å². The van der Waals surface area contributed by atoms with Crippen LogP contribution in [0.4, 0.5) is 4.39 Å². The van der Waals surface area contributed by atoms with Crippen molar-refractivity contribution in [3.05, 3.63) is 72.6 Å². The van der Waals surface area contributed by atoms with Gasteiger partial charge in [0.15, 0.2) is 5.75 Å². The van der Waals surface area contributed by atoms with E-state index in [2.05, 4.69) is 4.98 Å². The molecule has 0 saturated carbocycles. The molecule has 5 heteroatoms. The molecule has 1 atom stereocenters. The summed E-state index contributed by atoms with van der Waals surface area (Å²) >= 11 is 0. The molecule has 4 aromatic rings. The van der Waals surface area contributed by atoms with Gasteiger partial charge in [-0.1, -0.05) is 49.7 Å². The van der Waals surface area contributed by atoms with E-state index in [1.165, 1.54) is 0 Å². The van der Waals surface area contributed by atoms with E-state index < -0.39 is 12.1 Å². The molecule has 2 aromatic heterocycles. The molecule has 2 aromatic carbocycles. The molecule has 0 radical (unpaired) electrons. The van der Waals surface area contributed by atoms with Crippen LogP contribution >= 0.6 is 0 Å². The smallest absolute Gasteiger partial charge is 0.345 e. The average molecular weight is 376 g/mol. The predicted molar refractivity (Wildman–Crippen MR) is 108 cm³/mol. The van der Waals surface area contributed by atoms with Gasteiger partial charge in [0.1, 0.15) is 11.7 Å². The van der Waals surface area contributed by atoms with Crippen LogP contribution in [0.15, 0.2) is 67.0 Å². The van der Waals surface area contributed by atoms with Gasteiger partial charge in [-0.15, -0.1) is 0 Å². The quantitative estimate of drug-likeness (QED) is 0.327. The predicted octanol–water partition coefficient (Wildman–Crippen LogP) is 5.55. The van der Waals surface area contributed by atoms with Crippen LogP contribution in [0.5, 0.6) is 5.75 Å². The van der Waals surface area contributed by atoms with E-state index in [4.69, 9.17) is 4.74 Å². The Morgan fingerprint density at radius 2 is 1.96 bits per heavy atom. The Kier molecular flexibility index (Phi) is 5.06. The maximum Gasteiger partial charge on any atom is 0.345 e. The minimum Gasteiger partial charge on any atom is -0.421 e. The number of carbonyl (C=O) groups is 1. The molecule has 28 heavy (non-hydrogen) atoms. The Bertz CT molecular complexity index is 1130. The monoisotopic (exact) mass is 376 g/mol. The van der Waals surface area contributed by atoms with E-state index in [0.29, 0.717) is 23.3 Å². The van der Waals surface area contributed by atoms with E-state index >= 15 is 0 Å². The fourth-order valence-corrected chi connectivity index (χ4v) is 3.49. The zero-order chi connectivity index (χ0) is 19.5. The second kappa shape index (κ2) is 7.80. The Hall–Kier alpha value is -3.21. The summed E-state index contributed by atoms with van der Waals surface area (Å²) in [5.74, 6) is -0.0618. The summed E-state index contributed by atoms with van der Waals surface area (Å²) in [6.07, 6.45) is 3.68. The number of hydrogen-bond acceptors (Lipinski definition) is 3. The number of hydrogen-bond donors (Lipinski definition) is 0. The van der Waals surface area contributed by atoms with Crippen molar-refractivity contribution < 1.29 is 13.9 Å². The first-order chi connectivity index (χ1) is 13.7. The second-order valence-corrected chi connectivity index (χ2v) is 6.82. The molecule has 0 fully saturated rings. The van der Waals surface area contributed by atoms with Crippen LogP contribution in [0.25, 0.3) is 21.8 Å². The Morgan fingerprint density at radius 3 is 2.82 bits per heavy atom.